The van der Waals surface area contributed by atoms with Crippen molar-refractivity contribution in [1.82, 2.24) is 0 Å². The normalized spacial score (nSPS) is 7.00. The van der Waals surface area contributed by atoms with Gasteiger partial charge in [0.25, 0.3) is 0 Å². The molecule has 0 aromatic rings. The number of hydrogen-bond acceptors (Lipinski definition) is 3. The fourth-order valence-corrected chi connectivity index (χ4v) is 0.636. The second-order valence-corrected chi connectivity index (χ2v) is 5.26. The van der Waals surface area contributed by atoms with E-state index in [1.54, 1.807) is 0 Å². The Morgan fingerprint density at radius 3 is 1.86 bits per heavy atom. The summed E-state index contributed by atoms with van der Waals surface area (Å²) >= 11 is 0. The zero-order valence-corrected chi connectivity index (χ0v) is 5.62. The van der Waals surface area contributed by atoms with Gasteiger partial charge in [-0.25, -0.2) is 0 Å². The third-order valence-electron chi connectivity index (χ3n) is 0.206. The van der Waals surface area contributed by atoms with Crippen LogP contribution in [0.25, 0.3) is 0 Å². The molecule has 0 fully saturated rings. The van der Waals surface area contributed by atoms with Crippen LogP contribution in [0.15, 0.2) is 4.53 Å². The van der Waals surface area contributed by atoms with Crippen molar-refractivity contribution in [3.05, 3.63) is 0 Å². The monoisotopic (exact) mass is 157 g/mol. The molecule has 0 saturated heterocycles. The van der Waals surface area contributed by atoms with Crippen molar-refractivity contribution in [3.8, 4) is 0 Å². The van der Waals surface area contributed by atoms with Crippen molar-refractivity contribution in [2.75, 3.05) is 0 Å². The molecule has 0 atom stereocenters. The van der Waals surface area contributed by atoms with Gasteiger partial charge in [0.05, 0.1) is 0 Å². The van der Waals surface area contributed by atoms with Gasteiger partial charge in [-0.05, 0) is 0 Å². The Labute approximate surface area is 43.2 Å². The van der Waals surface area contributed by atoms with Gasteiger partial charge in [0.15, 0.2) is 0 Å². The summed E-state index contributed by atoms with van der Waals surface area (Å²) in [6, 6.07) is 0. The van der Waals surface area contributed by atoms with E-state index in [-0.39, 0.29) is 0 Å². The van der Waals surface area contributed by atoms with Gasteiger partial charge in [0.2, 0.25) is 0 Å². The van der Waals surface area contributed by atoms with E-state index in [4.69, 9.17) is 5.21 Å². The second-order valence-electron chi connectivity index (χ2n) is 0.476. The molecule has 0 saturated carbocycles. The van der Waals surface area contributed by atoms with E-state index in [9.17, 15) is 9.13 Å². The van der Waals surface area contributed by atoms with Crippen LogP contribution in [0.5, 0.6) is 0 Å². The molecule has 0 bridgehead atoms. The van der Waals surface area contributed by atoms with Gasteiger partial charge in [-0.3, -0.25) is 0 Å². The summed E-state index contributed by atoms with van der Waals surface area (Å²) in [4.78, 5) is 0. The Morgan fingerprint density at radius 1 is 1.43 bits per heavy atom. The van der Waals surface area contributed by atoms with Crippen molar-refractivity contribution in [2.45, 2.75) is 0 Å². The van der Waals surface area contributed by atoms with Crippen LogP contribution in [0.2, 0.25) is 0 Å². The first-order valence-corrected chi connectivity index (χ1v) is 5.13. The van der Waals surface area contributed by atoms with Crippen LogP contribution < -0.4 is 0 Å². The van der Waals surface area contributed by atoms with Gasteiger partial charge in [0, 0.05) is 0 Å². The molecule has 0 aliphatic carbocycles. The van der Waals surface area contributed by atoms with Crippen molar-refractivity contribution >= 4 is 23.5 Å². The zero-order chi connectivity index (χ0) is 5.70. The van der Waals surface area contributed by atoms with Crippen molar-refractivity contribution in [1.29, 1.82) is 0 Å². The number of rotatable bonds is 0. The molecule has 0 heterocycles. The predicted molar refractivity (Wildman–Crippen MR) is 26.8 cm³/mol. The molecule has 0 radical (unpaired) electrons. The summed E-state index contributed by atoms with van der Waals surface area (Å²) < 4.78 is 21.7. The predicted octanol–water partition coefficient (Wildman–Crippen LogP) is 1.59. The molecule has 0 spiro atoms. The SMILES string of the molecule is O=[P+]=S(=NO)=[P+]=O. The molecule has 0 amide bonds. The van der Waals surface area contributed by atoms with E-state index in [0.717, 1.165) is 0 Å². The van der Waals surface area contributed by atoms with Crippen molar-refractivity contribution in [3.63, 3.8) is 0 Å². The summed E-state index contributed by atoms with van der Waals surface area (Å²) in [7, 11) is -2.04. The summed E-state index contributed by atoms with van der Waals surface area (Å²) in [5.74, 6) is 0. The fraction of sp³-hybridized carbons (Fsp3) is 0. The van der Waals surface area contributed by atoms with Gasteiger partial charge in [0.1, 0.15) is 0 Å². The molecule has 0 aromatic carbocycles. The van der Waals surface area contributed by atoms with Gasteiger partial charge in [-0.2, -0.15) is 0 Å². The molecule has 7 heteroatoms. The summed E-state index contributed by atoms with van der Waals surface area (Å²) in [6.45, 7) is 0. The summed E-state index contributed by atoms with van der Waals surface area (Å²) in [5.41, 5.74) is 0. The fourth-order valence-electron chi connectivity index (χ4n) is 0.0434. The summed E-state index contributed by atoms with van der Waals surface area (Å²) in [6.07, 6.45) is 0. The van der Waals surface area contributed by atoms with Crippen LogP contribution in [0.1, 0.15) is 0 Å². The van der Waals surface area contributed by atoms with E-state index in [1.165, 1.54) is 0 Å². The Bertz CT molecular complexity index is 208. The van der Waals surface area contributed by atoms with E-state index in [2.05, 4.69) is 4.53 Å². The van der Waals surface area contributed by atoms with Crippen LogP contribution >= 0.6 is 14.5 Å². The number of hydrogen-bond donors (Lipinski definition) is 1. The van der Waals surface area contributed by atoms with Crippen LogP contribution in [-0.2, 0) is 18.2 Å². The third kappa shape index (κ3) is 3.06. The third-order valence-corrected chi connectivity index (χ3v) is 3.06. The maximum atomic E-state index is 9.62. The molecule has 0 aliphatic rings. The molecular weight excluding hydrogens is 156 g/mol. The van der Waals surface area contributed by atoms with E-state index < -0.39 is 23.5 Å². The Kier molecular flexibility index (Phi) is 4.88. The van der Waals surface area contributed by atoms with Crippen LogP contribution in [-0.4, -0.2) is 5.21 Å². The van der Waals surface area contributed by atoms with Gasteiger partial charge in [-0.15, -0.1) is 0 Å². The maximum absolute atomic E-state index is 9.62. The topological polar surface area (TPSA) is 66.7 Å². The molecule has 0 unspecified atom stereocenters. The quantitative estimate of drug-likeness (QED) is 0.428. The van der Waals surface area contributed by atoms with E-state index >= 15 is 0 Å². The molecule has 0 aromatic heterocycles. The molecule has 7 heavy (non-hydrogen) atoms. The van der Waals surface area contributed by atoms with Gasteiger partial charge >= 0.3 is 42.4 Å². The first kappa shape index (κ1) is 7.44. The second kappa shape index (κ2) is 4.60. The Morgan fingerprint density at radius 2 is 1.86 bits per heavy atom. The minimum absolute atomic E-state index is 0.404. The zero-order valence-electron chi connectivity index (χ0n) is 3.01. The molecular formula is HNO3P2S+2. The average Bonchev–Trinajstić information content (AvgIpc) is 1.72. The standard InChI is InChI=1S/NO3P2S/c2-1-7(5-3)6-4/q+1/p+1. The number of nitrogens with zero attached hydrogens (tertiary/aromatic N) is 1. The van der Waals surface area contributed by atoms with Crippen LogP contribution in [0.4, 0.5) is 0 Å². The van der Waals surface area contributed by atoms with E-state index in [0.29, 0.717) is 0 Å². The average molecular weight is 157 g/mol. The summed E-state index contributed by atoms with van der Waals surface area (Å²) in [5, 5.41) is 7.75. The molecule has 1 N–H and O–H groups in total. The van der Waals surface area contributed by atoms with Gasteiger partial charge < -0.3 is 0 Å². The van der Waals surface area contributed by atoms with Gasteiger partial charge in [-0.1, -0.05) is 0 Å². The first-order valence-electron chi connectivity index (χ1n) is 1.11. The molecule has 0 aliphatic heterocycles. The minimum atomic E-state index is -1.23. The Balaban J connectivity index is 5.42. The van der Waals surface area contributed by atoms with Crippen molar-refractivity contribution < 1.29 is 14.3 Å². The van der Waals surface area contributed by atoms with Crippen LogP contribution in [0, 0.1) is 0 Å². The Hall–Kier alpha value is 0.440. The molecule has 0 rings (SSSR count). The van der Waals surface area contributed by atoms with Crippen LogP contribution in [0.3, 0.4) is 0 Å². The van der Waals surface area contributed by atoms with Crippen molar-refractivity contribution in [2.24, 2.45) is 4.53 Å². The first-order chi connectivity index (χ1) is 3.35. The molecule has 38 valence electrons. The van der Waals surface area contributed by atoms with E-state index in [1.807, 2.05) is 0 Å². The molecule has 4 nitrogen and oxygen atoms in total.